The minimum absolute atomic E-state index is 0.110. The van der Waals surface area contributed by atoms with Crippen LogP contribution in [0.2, 0.25) is 0 Å². The molecule has 1 aromatic rings. The van der Waals surface area contributed by atoms with Crippen LogP contribution in [0, 0.1) is 6.92 Å². The Balaban J connectivity index is 2.37. The van der Waals surface area contributed by atoms with Crippen molar-refractivity contribution in [2.75, 3.05) is 20.7 Å². The van der Waals surface area contributed by atoms with E-state index >= 15 is 0 Å². The number of ether oxygens (including phenoxy) is 1. The Kier molecular flexibility index (Phi) is 7.71. The third-order valence-electron chi connectivity index (χ3n) is 3.29. The van der Waals surface area contributed by atoms with E-state index in [2.05, 4.69) is 15.6 Å². The number of unbranched alkanes of at least 4 members (excludes halogenated alkanes) is 1. The van der Waals surface area contributed by atoms with Gasteiger partial charge in [0, 0.05) is 32.1 Å². The van der Waals surface area contributed by atoms with Crippen molar-refractivity contribution < 1.29 is 17.9 Å². The van der Waals surface area contributed by atoms with Gasteiger partial charge in [0.1, 0.15) is 5.75 Å². The molecule has 2 N–H and O–H groups in total. The molecular weight excluding hydrogens is 307 g/mol. The Morgan fingerprint density at radius 2 is 1.96 bits per heavy atom. The first-order chi connectivity index (χ1) is 10.9. The predicted molar refractivity (Wildman–Crippen MR) is 85.8 cm³/mol. The fraction of sp³-hybridized carbons (Fsp3) is 0.562. The van der Waals surface area contributed by atoms with Gasteiger partial charge in [-0.05, 0) is 31.4 Å². The lowest BCUT2D eigenvalue weighted by Gasteiger charge is -2.14. The van der Waals surface area contributed by atoms with Crippen LogP contribution in [-0.4, -0.2) is 32.8 Å². The van der Waals surface area contributed by atoms with Crippen LogP contribution in [0.25, 0.3) is 0 Å². The zero-order valence-corrected chi connectivity index (χ0v) is 13.8. The largest absolute Gasteiger partial charge is 0.496 e. The zero-order chi connectivity index (χ0) is 17.3. The smallest absolute Gasteiger partial charge is 0.389 e. The minimum atomic E-state index is -4.08. The molecule has 7 heteroatoms. The predicted octanol–water partition coefficient (Wildman–Crippen LogP) is 3.40. The second kappa shape index (κ2) is 9.27. The lowest BCUT2D eigenvalue weighted by Crippen LogP contribution is -2.37. The molecule has 4 nitrogen and oxygen atoms in total. The molecule has 0 unspecified atom stereocenters. The Hall–Kier alpha value is -1.92. The average Bonchev–Trinajstić information content (AvgIpc) is 2.49. The van der Waals surface area contributed by atoms with E-state index in [0.29, 0.717) is 25.5 Å². The summed E-state index contributed by atoms with van der Waals surface area (Å²) in [5.41, 5.74) is 2.09. The van der Waals surface area contributed by atoms with Crippen LogP contribution in [0.4, 0.5) is 13.2 Å². The highest BCUT2D eigenvalue weighted by atomic mass is 19.4. The lowest BCUT2D eigenvalue weighted by molar-refractivity contribution is -0.135. The number of benzene rings is 1. The van der Waals surface area contributed by atoms with Gasteiger partial charge in [-0.15, -0.1) is 0 Å². The average molecular weight is 331 g/mol. The molecule has 0 saturated heterocycles. The summed E-state index contributed by atoms with van der Waals surface area (Å²) in [6, 6.07) is 5.91. The fourth-order valence-electron chi connectivity index (χ4n) is 2.05. The van der Waals surface area contributed by atoms with Gasteiger partial charge in [0.05, 0.1) is 7.11 Å². The van der Waals surface area contributed by atoms with E-state index in [1.807, 2.05) is 25.1 Å². The van der Waals surface area contributed by atoms with Gasteiger partial charge in [-0.2, -0.15) is 13.2 Å². The molecule has 0 aromatic heterocycles. The molecule has 0 radical (unpaired) electrons. The molecule has 130 valence electrons. The fourth-order valence-corrected chi connectivity index (χ4v) is 2.05. The van der Waals surface area contributed by atoms with Gasteiger partial charge in [0.2, 0.25) is 0 Å². The van der Waals surface area contributed by atoms with E-state index in [4.69, 9.17) is 4.74 Å². The molecule has 0 fully saturated rings. The Morgan fingerprint density at radius 1 is 1.22 bits per heavy atom. The number of guanidine groups is 1. The molecule has 0 atom stereocenters. The van der Waals surface area contributed by atoms with Crippen LogP contribution >= 0.6 is 0 Å². The summed E-state index contributed by atoms with van der Waals surface area (Å²) in [5, 5.41) is 6.13. The maximum absolute atomic E-state index is 12.0. The maximum atomic E-state index is 12.0. The first kappa shape index (κ1) is 19.1. The molecular formula is C16H24F3N3O. The normalized spacial score (nSPS) is 12.2. The van der Waals surface area contributed by atoms with Gasteiger partial charge >= 0.3 is 6.18 Å². The van der Waals surface area contributed by atoms with E-state index < -0.39 is 12.6 Å². The van der Waals surface area contributed by atoms with Crippen LogP contribution in [0.5, 0.6) is 5.75 Å². The number of halogens is 3. The highest BCUT2D eigenvalue weighted by molar-refractivity contribution is 5.79. The third-order valence-corrected chi connectivity index (χ3v) is 3.29. The molecule has 1 aromatic carbocycles. The Bertz CT molecular complexity index is 516. The maximum Gasteiger partial charge on any atom is 0.389 e. The Labute approximate surface area is 135 Å². The minimum Gasteiger partial charge on any atom is -0.496 e. The monoisotopic (exact) mass is 331 g/mol. The summed E-state index contributed by atoms with van der Waals surface area (Å²) in [6.45, 7) is 2.95. The van der Waals surface area contributed by atoms with E-state index in [1.165, 1.54) is 0 Å². The van der Waals surface area contributed by atoms with Crippen molar-refractivity contribution >= 4 is 5.96 Å². The molecule has 0 spiro atoms. The summed E-state index contributed by atoms with van der Waals surface area (Å²) in [7, 11) is 3.24. The van der Waals surface area contributed by atoms with Crippen LogP contribution < -0.4 is 15.4 Å². The Morgan fingerprint density at radius 3 is 2.57 bits per heavy atom. The second-order valence-corrected chi connectivity index (χ2v) is 5.24. The number of alkyl halides is 3. The van der Waals surface area contributed by atoms with E-state index in [-0.39, 0.29) is 6.42 Å². The molecule has 1 rings (SSSR count). The second-order valence-electron chi connectivity index (χ2n) is 5.24. The first-order valence-electron chi connectivity index (χ1n) is 7.50. The number of methoxy groups -OCH3 is 1. The molecule has 23 heavy (non-hydrogen) atoms. The first-order valence-corrected chi connectivity index (χ1v) is 7.50. The highest BCUT2D eigenvalue weighted by Gasteiger charge is 2.25. The van der Waals surface area contributed by atoms with Gasteiger partial charge in [-0.1, -0.05) is 12.1 Å². The van der Waals surface area contributed by atoms with Crippen molar-refractivity contribution in [1.29, 1.82) is 0 Å². The van der Waals surface area contributed by atoms with Crippen molar-refractivity contribution in [2.24, 2.45) is 4.99 Å². The molecule has 0 aliphatic rings. The van der Waals surface area contributed by atoms with Gasteiger partial charge in [0.15, 0.2) is 5.96 Å². The molecule has 0 amide bonds. The molecule has 0 aliphatic carbocycles. The van der Waals surface area contributed by atoms with Crippen LogP contribution in [0.15, 0.2) is 23.2 Å². The lowest BCUT2D eigenvalue weighted by atomic mass is 10.1. The van der Waals surface area contributed by atoms with Crippen molar-refractivity contribution in [3.05, 3.63) is 29.3 Å². The number of nitrogens with one attached hydrogen (secondary N) is 2. The number of aryl methyl sites for hydroxylation is 1. The molecule has 0 aliphatic heterocycles. The third kappa shape index (κ3) is 7.76. The van der Waals surface area contributed by atoms with Crippen molar-refractivity contribution in [3.63, 3.8) is 0 Å². The SMILES string of the molecule is CN=C(NCCCCC(F)(F)F)NCc1ccc(C)cc1OC. The van der Waals surface area contributed by atoms with Crippen LogP contribution in [0.3, 0.4) is 0 Å². The number of hydrogen-bond donors (Lipinski definition) is 2. The highest BCUT2D eigenvalue weighted by Crippen LogP contribution is 2.22. The number of hydrogen-bond acceptors (Lipinski definition) is 2. The van der Waals surface area contributed by atoms with Gasteiger partial charge in [-0.25, -0.2) is 0 Å². The molecule has 0 bridgehead atoms. The molecule has 0 heterocycles. The summed E-state index contributed by atoms with van der Waals surface area (Å²) >= 11 is 0. The van der Waals surface area contributed by atoms with Crippen LogP contribution in [-0.2, 0) is 6.54 Å². The van der Waals surface area contributed by atoms with Gasteiger partial charge in [-0.3, -0.25) is 4.99 Å². The summed E-state index contributed by atoms with van der Waals surface area (Å²) in [5.74, 6) is 1.35. The van der Waals surface area contributed by atoms with Crippen molar-refractivity contribution in [2.45, 2.75) is 38.9 Å². The number of aliphatic imine (C=N–C) groups is 1. The van der Waals surface area contributed by atoms with Crippen LogP contribution in [0.1, 0.15) is 30.4 Å². The standard InChI is InChI=1S/C16H24F3N3O/c1-12-6-7-13(14(10-12)23-3)11-22-15(20-2)21-9-5-4-8-16(17,18)19/h6-7,10H,4-5,8-9,11H2,1-3H3,(H2,20,21,22). The van der Waals surface area contributed by atoms with Gasteiger partial charge in [0.25, 0.3) is 0 Å². The summed E-state index contributed by atoms with van der Waals surface area (Å²) in [4.78, 5) is 4.05. The van der Waals surface area contributed by atoms with Crippen molar-refractivity contribution in [1.82, 2.24) is 10.6 Å². The topological polar surface area (TPSA) is 45.7 Å². The van der Waals surface area contributed by atoms with E-state index in [9.17, 15) is 13.2 Å². The summed E-state index contributed by atoms with van der Waals surface area (Å²) in [6.07, 6.45) is -4.28. The summed E-state index contributed by atoms with van der Waals surface area (Å²) < 4.78 is 41.5. The number of nitrogens with zero attached hydrogens (tertiary/aromatic N) is 1. The van der Waals surface area contributed by atoms with E-state index in [1.54, 1.807) is 14.2 Å². The number of rotatable bonds is 7. The molecule has 0 saturated carbocycles. The van der Waals surface area contributed by atoms with E-state index in [0.717, 1.165) is 16.9 Å². The van der Waals surface area contributed by atoms with Crippen molar-refractivity contribution in [3.8, 4) is 5.75 Å². The van der Waals surface area contributed by atoms with Gasteiger partial charge < -0.3 is 15.4 Å². The zero-order valence-electron chi connectivity index (χ0n) is 13.8. The quantitative estimate of drug-likeness (QED) is 0.457.